The second-order valence-electron chi connectivity index (χ2n) is 9.20. The average Bonchev–Trinajstić information content (AvgIpc) is 2.67. The van der Waals surface area contributed by atoms with E-state index in [-0.39, 0.29) is 17.2 Å². The quantitative estimate of drug-likeness (QED) is 0.604. The molecule has 0 aliphatic carbocycles. The highest BCUT2D eigenvalue weighted by atomic mass is 127. The Kier molecular flexibility index (Phi) is 4.90. The van der Waals surface area contributed by atoms with E-state index in [4.69, 9.17) is 4.74 Å². The van der Waals surface area contributed by atoms with Crippen LogP contribution in [0.15, 0.2) is 12.1 Å². The standard InChI is InChI=1S/C19H29IN4O2/c1-17(2,3)26-16(25)24-18(4)9-10-19(24,5)12-13(11-18)23(6)15-8-7-14(20)21-22-15/h7-8,13H,9-12H2,1-6H3. The van der Waals surface area contributed by atoms with E-state index in [0.717, 1.165) is 35.2 Å². The molecule has 2 saturated heterocycles. The monoisotopic (exact) mass is 472 g/mol. The molecule has 2 fully saturated rings. The summed E-state index contributed by atoms with van der Waals surface area (Å²) < 4.78 is 6.62. The number of ether oxygens (including phenoxy) is 1. The molecular weight excluding hydrogens is 443 g/mol. The number of rotatable bonds is 2. The van der Waals surface area contributed by atoms with Crippen LogP contribution in [0.4, 0.5) is 10.6 Å². The Morgan fingerprint density at radius 1 is 1.23 bits per heavy atom. The zero-order valence-electron chi connectivity index (χ0n) is 16.5. The molecule has 2 bridgehead atoms. The summed E-state index contributed by atoms with van der Waals surface area (Å²) in [5.74, 6) is 0.882. The van der Waals surface area contributed by atoms with Gasteiger partial charge in [0, 0.05) is 24.2 Å². The van der Waals surface area contributed by atoms with Crippen LogP contribution < -0.4 is 4.90 Å². The van der Waals surface area contributed by atoms with Crippen molar-refractivity contribution in [2.45, 2.75) is 83.0 Å². The van der Waals surface area contributed by atoms with Gasteiger partial charge >= 0.3 is 6.09 Å². The smallest absolute Gasteiger partial charge is 0.411 e. The zero-order chi connectivity index (χ0) is 19.3. The molecular formula is C19H29IN4O2. The molecule has 26 heavy (non-hydrogen) atoms. The van der Waals surface area contributed by atoms with Crippen LogP contribution in [-0.2, 0) is 4.74 Å². The van der Waals surface area contributed by atoms with Crippen molar-refractivity contribution in [3.8, 4) is 0 Å². The van der Waals surface area contributed by atoms with E-state index in [0.29, 0.717) is 6.04 Å². The lowest BCUT2D eigenvalue weighted by Gasteiger charge is -2.52. The van der Waals surface area contributed by atoms with Crippen LogP contribution >= 0.6 is 22.6 Å². The molecule has 0 aromatic carbocycles. The zero-order valence-corrected chi connectivity index (χ0v) is 18.7. The van der Waals surface area contributed by atoms with Crippen LogP contribution in [0, 0.1) is 3.70 Å². The van der Waals surface area contributed by atoms with Gasteiger partial charge in [-0.2, -0.15) is 0 Å². The van der Waals surface area contributed by atoms with Crippen LogP contribution in [0.1, 0.15) is 60.3 Å². The lowest BCUT2D eigenvalue weighted by molar-refractivity contribution is -0.0357. The van der Waals surface area contributed by atoms with Crippen molar-refractivity contribution in [2.75, 3.05) is 11.9 Å². The molecule has 2 unspecified atom stereocenters. The largest absolute Gasteiger partial charge is 0.444 e. The molecule has 1 aromatic heterocycles. The Bertz CT molecular complexity index is 670. The topological polar surface area (TPSA) is 58.6 Å². The van der Waals surface area contributed by atoms with Crippen molar-refractivity contribution in [2.24, 2.45) is 0 Å². The second kappa shape index (κ2) is 6.49. The number of hydrogen-bond donors (Lipinski definition) is 0. The first-order valence-corrected chi connectivity index (χ1v) is 10.3. The minimum absolute atomic E-state index is 0.185. The summed E-state index contributed by atoms with van der Waals surface area (Å²) in [5, 5.41) is 8.51. The number of carbonyl (C=O) groups is 1. The first-order valence-electron chi connectivity index (χ1n) is 9.19. The predicted octanol–water partition coefficient (Wildman–Crippen LogP) is 4.23. The second-order valence-corrected chi connectivity index (χ2v) is 10.3. The molecule has 3 heterocycles. The van der Waals surface area contributed by atoms with Crippen molar-refractivity contribution in [1.82, 2.24) is 15.1 Å². The molecule has 144 valence electrons. The van der Waals surface area contributed by atoms with Crippen LogP contribution in [0.5, 0.6) is 0 Å². The van der Waals surface area contributed by atoms with E-state index in [2.05, 4.69) is 58.6 Å². The van der Waals surface area contributed by atoms with Gasteiger partial charge in [0.1, 0.15) is 9.30 Å². The number of fused-ring (bicyclic) bond motifs is 2. The van der Waals surface area contributed by atoms with Gasteiger partial charge in [-0.05, 0) is 95.0 Å². The number of carbonyl (C=O) groups excluding carboxylic acids is 1. The van der Waals surface area contributed by atoms with E-state index >= 15 is 0 Å². The number of piperidine rings is 1. The summed E-state index contributed by atoms with van der Waals surface area (Å²) in [6.07, 6.45) is 3.64. The number of anilines is 1. The van der Waals surface area contributed by atoms with Crippen LogP contribution in [-0.4, -0.2) is 51.0 Å². The molecule has 3 rings (SSSR count). The lowest BCUT2D eigenvalue weighted by Crippen LogP contribution is -2.63. The first kappa shape index (κ1) is 19.6. The summed E-state index contributed by atoms with van der Waals surface area (Å²) >= 11 is 2.17. The fourth-order valence-electron chi connectivity index (χ4n) is 4.59. The molecule has 1 aromatic rings. The third kappa shape index (κ3) is 3.64. The highest BCUT2D eigenvalue weighted by molar-refractivity contribution is 14.1. The molecule has 0 radical (unpaired) electrons. The number of nitrogens with zero attached hydrogens (tertiary/aromatic N) is 4. The molecule has 2 aliphatic rings. The van der Waals surface area contributed by atoms with Gasteiger partial charge in [-0.1, -0.05) is 0 Å². The van der Waals surface area contributed by atoms with Gasteiger partial charge in [0.2, 0.25) is 0 Å². The Labute approximate surface area is 169 Å². The highest BCUT2D eigenvalue weighted by Crippen LogP contribution is 2.52. The minimum Gasteiger partial charge on any atom is -0.444 e. The van der Waals surface area contributed by atoms with E-state index in [1.165, 1.54) is 0 Å². The lowest BCUT2D eigenvalue weighted by atomic mass is 9.82. The maximum Gasteiger partial charge on any atom is 0.411 e. The maximum absolute atomic E-state index is 12.9. The van der Waals surface area contributed by atoms with Gasteiger partial charge in [-0.25, -0.2) is 4.79 Å². The average molecular weight is 472 g/mol. The summed E-state index contributed by atoms with van der Waals surface area (Å²) in [6.45, 7) is 10.2. The van der Waals surface area contributed by atoms with E-state index < -0.39 is 5.60 Å². The SMILES string of the molecule is CN(c1ccc(I)nn1)C1CC2(C)CCC(C)(C1)N2C(=O)OC(C)(C)C. The highest BCUT2D eigenvalue weighted by Gasteiger charge is 2.59. The number of aromatic nitrogens is 2. The van der Waals surface area contributed by atoms with Crippen LogP contribution in [0.25, 0.3) is 0 Å². The molecule has 1 amide bonds. The number of halogens is 1. The normalized spacial score (nSPS) is 31.0. The molecule has 0 N–H and O–H groups in total. The van der Waals surface area contributed by atoms with Gasteiger partial charge < -0.3 is 9.64 Å². The summed E-state index contributed by atoms with van der Waals surface area (Å²) in [7, 11) is 2.08. The van der Waals surface area contributed by atoms with Crippen LogP contribution in [0.2, 0.25) is 0 Å². The fourth-order valence-corrected chi connectivity index (χ4v) is 4.88. The van der Waals surface area contributed by atoms with E-state index in [9.17, 15) is 4.79 Å². The Hall–Kier alpha value is -1.12. The number of amides is 1. The molecule has 2 aliphatic heterocycles. The summed E-state index contributed by atoms with van der Waals surface area (Å²) in [6, 6.07) is 4.31. The van der Waals surface area contributed by atoms with Crippen molar-refractivity contribution in [3.05, 3.63) is 15.8 Å². The van der Waals surface area contributed by atoms with Crippen molar-refractivity contribution in [3.63, 3.8) is 0 Å². The van der Waals surface area contributed by atoms with Crippen molar-refractivity contribution < 1.29 is 9.53 Å². The van der Waals surface area contributed by atoms with Crippen LogP contribution in [0.3, 0.4) is 0 Å². The molecule has 2 atom stereocenters. The summed E-state index contributed by atoms with van der Waals surface area (Å²) in [5.41, 5.74) is -0.858. The maximum atomic E-state index is 12.9. The Morgan fingerprint density at radius 2 is 1.81 bits per heavy atom. The van der Waals surface area contributed by atoms with Gasteiger partial charge in [0.05, 0.1) is 0 Å². The van der Waals surface area contributed by atoms with E-state index in [1.807, 2.05) is 37.8 Å². The van der Waals surface area contributed by atoms with Gasteiger partial charge in [0.25, 0.3) is 0 Å². The minimum atomic E-state index is -0.479. The first-order chi connectivity index (χ1) is 11.9. The van der Waals surface area contributed by atoms with Gasteiger partial charge in [-0.15, -0.1) is 10.2 Å². The van der Waals surface area contributed by atoms with Crippen molar-refractivity contribution >= 4 is 34.5 Å². The van der Waals surface area contributed by atoms with Crippen molar-refractivity contribution in [1.29, 1.82) is 0 Å². The third-order valence-corrected chi connectivity index (χ3v) is 6.31. The number of hydrogen-bond acceptors (Lipinski definition) is 5. The molecule has 7 heteroatoms. The van der Waals surface area contributed by atoms with E-state index in [1.54, 1.807) is 0 Å². The fraction of sp³-hybridized carbons (Fsp3) is 0.737. The Morgan fingerprint density at radius 3 is 2.27 bits per heavy atom. The summed E-state index contributed by atoms with van der Waals surface area (Å²) in [4.78, 5) is 17.2. The van der Waals surface area contributed by atoms with Gasteiger partial charge in [-0.3, -0.25) is 4.90 Å². The molecule has 6 nitrogen and oxygen atoms in total. The van der Waals surface area contributed by atoms with Gasteiger partial charge in [0.15, 0.2) is 5.82 Å². The third-order valence-electron chi connectivity index (χ3n) is 5.74. The Balaban J connectivity index is 1.83. The predicted molar refractivity (Wildman–Crippen MR) is 110 cm³/mol. The molecule has 0 spiro atoms. The molecule has 0 saturated carbocycles.